The summed E-state index contributed by atoms with van der Waals surface area (Å²) in [7, 11) is 1.40. The minimum atomic E-state index is -4.62. The molecule has 4 heterocycles. The van der Waals surface area contributed by atoms with E-state index in [1.807, 2.05) is 0 Å². The third-order valence-electron chi connectivity index (χ3n) is 5.64. The van der Waals surface area contributed by atoms with Crippen molar-refractivity contribution in [3.8, 4) is 17.5 Å². The molecule has 1 aliphatic carbocycles. The highest BCUT2D eigenvalue weighted by atomic mass is 19.4. The average molecular weight is 495 g/mol. The molecule has 0 bridgehead atoms. The number of hydrogen-bond acceptors (Lipinski definition) is 8. The summed E-state index contributed by atoms with van der Waals surface area (Å²) < 4.78 is 41.2. The van der Waals surface area contributed by atoms with Crippen LogP contribution in [0.4, 0.5) is 18.0 Å². The van der Waals surface area contributed by atoms with E-state index in [4.69, 9.17) is 5.26 Å². The summed E-state index contributed by atoms with van der Waals surface area (Å²) in [5, 5.41) is 13.0. The van der Waals surface area contributed by atoms with Crippen LogP contribution in [0.2, 0.25) is 0 Å². The van der Waals surface area contributed by atoms with E-state index in [1.165, 1.54) is 38.0 Å². The van der Waals surface area contributed by atoms with E-state index in [1.54, 1.807) is 6.07 Å². The van der Waals surface area contributed by atoms with E-state index >= 15 is 0 Å². The minimum Gasteiger partial charge on any atom is -0.291 e. The second kappa shape index (κ2) is 8.52. The molecule has 0 unspecified atom stereocenters. The third-order valence-corrected chi connectivity index (χ3v) is 5.64. The number of nitrogens with zero attached hydrogens (tertiary/aromatic N) is 9. The number of amides is 3. The Labute approximate surface area is 201 Å². The van der Waals surface area contributed by atoms with Gasteiger partial charge in [0.1, 0.15) is 23.8 Å². The Morgan fingerprint density at radius 2 is 1.89 bits per heavy atom. The number of urea groups is 1. The highest BCUT2D eigenvalue weighted by Gasteiger charge is 2.39. The monoisotopic (exact) mass is 495 g/mol. The molecule has 3 aromatic rings. The topological polar surface area (TPSA) is 134 Å². The van der Waals surface area contributed by atoms with E-state index in [-0.39, 0.29) is 35.4 Å². The molecular weight excluding hydrogens is 479 g/mol. The molecular formula is C22H16F3N9O2. The van der Waals surface area contributed by atoms with Gasteiger partial charge in [-0.15, -0.1) is 5.10 Å². The molecule has 0 N–H and O–H groups in total. The highest BCUT2D eigenvalue weighted by Crippen LogP contribution is 2.41. The van der Waals surface area contributed by atoms with Gasteiger partial charge in [-0.3, -0.25) is 14.6 Å². The van der Waals surface area contributed by atoms with Gasteiger partial charge in [0, 0.05) is 42.2 Å². The van der Waals surface area contributed by atoms with Gasteiger partial charge in [-0.1, -0.05) is 0 Å². The molecule has 0 aromatic carbocycles. The third kappa shape index (κ3) is 4.38. The number of aromatic nitrogens is 6. The molecule has 0 spiro atoms. The molecule has 2 fully saturated rings. The van der Waals surface area contributed by atoms with Crippen molar-refractivity contribution in [3.63, 3.8) is 0 Å². The zero-order valence-corrected chi connectivity index (χ0v) is 18.6. The first-order valence-corrected chi connectivity index (χ1v) is 10.7. The smallest absolute Gasteiger partial charge is 0.291 e. The minimum absolute atomic E-state index is 0.0153. The summed E-state index contributed by atoms with van der Waals surface area (Å²) in [4.78, 5) is 43.1. The zero-order chi connectivity index (χ0) is 25.6. The van der Waals surface area contributed by atoms with Gasteiger partial charge in [-0.25, -0.2) is 29.4 Å². The molecule has 36 heavy (non-hydrogen) atoms. The summed E-state index contributed by atoms with van der Waals surface area (Å²) in [5.41, 5.74) is -0.0991. The Balaban J connectivity index is 1.41. The Kier molecular flexibility index (Phi) is 5.47. The fourth-order valence-electron chi connectivity index (χ4n) is 3.62. The maximum atomic E-state index is 13.4. The lowest BCUT2D eigenvalue weighted by atomic mass is 10.1. The van der Waals surface area contributed by atoms with Gasteiger partial charge in [0.15, 0.2) is 5.82 Å². The summed E-state index contributed by atoms with van der Waals surface area (Å²) in [5.74, 6) is -0.660. The molecule has 3 aromatic heterocycles. The second-order valence-electron chi connectivity index (χ2n) is 8.26. The maximum absolute atomic E-state index is 13.4. The van der Waals surface area contributed by atoms with E-state index in [0.717, 1.165) is 33.4 Å². The molecule has 14 heteroatoms. The van der Waals surface area contributed by atoms with E-state index < -0.39 is 23.8 Å². The van der Waals surface area contributed by atoms with Crippen LogP contribution in [0.5, 0.6) is 0 Å². The van der Waals surface area contributed by atoms with Gasteiger partial charge in [0.25, 0.3) is 5.91 Å². The van der Waals surface area contributed by atoms with E-state index in [9.17, 15) is 22.8 Å². The summed E-state index contributed by atoms with van der Waals surface area (Å²) >= 11 is 0. The van der Waals surface area contributed by atoms with Gasteiger partial charge in [-0.2, -0.15) is 18.4 Å². The van der Waals surface area contributed by atoms with Crippen molar-refractivity contribution in [1.29, 1.82) is 5.26 Å². The van der Waals surface area contributed by atoms with E-state index in [2.05, 4.69) is 25.0 Å². The summed E-state index contributed by atoms with van der Waals surface area (Å²) in [6, 6.07) is 3.60. The molecule has 11 nitrogen and oxygen atoms in total. The van der Waals surface area contributed by atoms with Crippen LogP contribution in [0, 0.1) is 11.3 Å². The van der Waals surface area contributed by atoms with Crippen LogP contribution >= 0.6 is 0 Å². The number of carbonyl (C=O) groups excluding carboxylic acids is 2. The Morgan fingerprint density at radius 3 is 2.53 bits per heavy atom. The van der Waals surface area contributed by atoms with E-state index in [0.29, 0.717) is 11.3 Å². The SMILES string of the molecule is CN1C(=O)N(Cc2cnc(C#N)nc2)C(=O)/C1=C/n1cnc(-c2cc(C3CC3)nc(C(F)(F)F)c2)n1. The number of carbonyl (C=O) groups is 2. The Morgan fingerprint density at radius 1 is 1.17 bits per heavy atom. The average Bonchev–Trinajstić information content (AvgIpc) is 3.58. The van der Waals surface area contributed by atoms with Gasteiger partial charge >= 0.3 is 12.2 Å². The van der Waals surface area contributed by atoms with Gasteiger partial charge in [0.2, 0.25) is 5.82 Å². The molecule has 3 amide bonds. The van der Waals surface area contributed by atoms with Crippen LogP contribution < -0.4 is 0 Å². The zero-order valence-electron chi connectivity index (χ0n) is 18.6. The standard InChI is InChI=1S/C22H16F3N9O2/c1-32-16(20(35)34(21(32)36)9-12-7-27-18(6-26)28-8-12)10-33-11-29-19(31-33)14-4-15(13-2-3-13)30-17(5-14)22(23,24)25/h4-5,7-8,10-11,13H,2-3,9H2,1H3/b16-10-. The number of hydrogen-bond donors (Lipinski definition) is 0. The highest BCUT2D eigenvalue weighted by molar-refractivity contribution is 6.13. The van der Waals surface area contributed by atoms with Crippen molar-refractivity contribution in [2.45, 2.75) is 31.5 Å². The van der Waals surface area contributed by atoms with Crippen LogP contribution in [0.25, 0.3) is 17.6 Å². The largest absolute Gasteiger partial charge is 0.433 e. The second-order valence-corrected chi connectivity index (χ2v) is 8.26. The van der Waals surface area contributed by atoms with Crippen LogP contribution in [0.1, 0.15) is 41.5 Å². The number of imide groups is 1. The maximum Gasteiger partial charge on any atom is 0.433 e. The molecule has 5 rings (SSSR count). The van der Waals surface area contributed by atoms with Crippen molar-refractivity contribution in [3.05, 3.63) is 59.3 Å². The molecule has 1 saturated carbocycles. The van der Waals surface area contributed by atoms with Crippen molar-refractivity contribution in [2.75, 3.05) is 7.05 Å². The lowest BCUT2D eigenvalue weighted by Gasteiger charge is -2.12. The number of pyridine rings is 1. The quantitative estimate of drug-likeness (QED) is 0.390. The van der Waals surface area contributed by atoms with Crippen molar-refractivity contribution < 1.29 is 22.8 Å². The first-order chi connectivity index (χ1) is 17.1. The Bertz CT molecular complexity index is 1440. The molecule has 0 atom stereocenters. The normalized spacial score (nSPS) is 17.2. The lowest BCUT2D eigenvalue weighted by Crippen LogP contribution is -2.31. The summed E-state index contributed by atoms with van der Waals surface area (Å²) in [6.07, 6.45) is 2.11. The van der Waals surface area contributed by atoms with Gasteiger partial charge in [0.05, 0.1) is 12.7 Å². The first kappa shape index (κ1) is 23.1. The van der Waals surface area contributed by atoms with Crippen molar-refractivity contribution in [1.82, 2.24) is 39.5 Å². The number of nitriles is 1. The van der Waals surface area contributed by atoms with Crippen LogP contribution in [-0.2, 0) is 17.5 Å². The first-order valence-electron chi connectivity index (χ1n) is 10.7. The molecule has 182 valence electrons. The fourth-order valence-corrected chi connectivity index (χ4v) is 3.62. The molecule has 0 radical (unpaired) electrons. The number of alkyl halides is 3. The predicted octanol–water partition coefficient (Wildman–Crippen LogP) is 2.79. The Hall–Kier alpha value is -4.67. The number of likely N-dealkylation sites (N-methyl/N-ethyl adjacent to an activating group) is 1. The predicted molar refractivity (Wildman–Crippen MR) is 115 cm³/mol. The summed E-state index contributed by atoms with van der Waals surface area (Å²) in [6.45, 7) is -0.116. The van der Waals surface area contributed by atoms with Crippen LogP contribution in [-0.4, -0.2) is 58.5 Å². The van der Waals surface area contributed by atoms with Crippen molar-refractivity contribution >= 4 is 18.1 Å². The lowest BCUT2D eigenvalue weighted by molar-refractivity contribution is -0.141. The van der Waals surface area contributed by atoms with Crippen LogP contribution in [0.3, 0.4) is 0 Å². The van der Waals surface area contributed by atoms with Gasteiger partial charge < -0.3 is 0 Å². The van der Waals surface area contributed by atoms with Crippen molar-refractivity contribution in [2.24, 2.45) is 0 Å². The van der Waals surface area contributed by atoms with Gasteiger partial charge in [-0.05, 0) is 25.0 Å². The molecule has 1 aliphatic heterocycles. The molecule has 2 aliphatic rings. The number of rotatable bonds is 5. The number of halogens is 3. The van der Waals surface area contributed by atoms with Crippen LogP contribution in [0.15, 0.2) is 36.6 Å². The fraction of sp³-hybridized carbons (Fsp3) is 0.273. The molecule has 1 saturated heterocycles.